The van der Waals surface area contributed by atoms with Gasteiger partial charge in [-0.05, 0) is 12.8 Å². The van der Waals surface area contributed by atoms with Gasteiger partial charge in [0.25, 0.3) is 0 Å². The van der Waals surface area contributed by atoms with Crippen molar-refractivity contribution in [2.75, 3.05) is 6.61 Å². The van der Waals surface area contributed by atoms with Crippen molar-refractivity contribution in [3.05, 3.63) is 11.5 Å². The summed E-state index contributed by atoms with van der Waals surface area (Å²) in [5.74, 6) is -0.0905. The summed E-state index contributed by atoms with van der Waals surface area (Å²) in [6.07, 6.45) is 4.86. The number of unbranched alkanes of at least 4 members (excludes halogenated alkanes) is 3. The van der Waals surface area contributed by atoms with Crippen LogP contribution in [0.5, 0.6) is 0 Å². The maximum absolute atomic E-state index is 11.5. The van der Waals surface area contributed by atoms with Crippen LogP contribution in [0.3, 0.4) is 0 Å². The van der Waals surface area contributed by atoms with Crippen molar-refractivity contribution in [1.82, 2.24) is 4.72 Å². The number of hydrogen-bond donors (Lipinski definition) is 1. The molecule has 0 radical (unpaired) electrons. The van der Waals surface area contributed by atoms with Crippen LogP contribution in [0.15, 0.2) is 11.5 Å². The average molecular weight is 291 g/mol. The summed E-state index contributed by atoms with van der Waals surface area (Å²) in [6, 6.07) is 0. The summed E-state index contributed by atoms with van der Waals surface area (Å²) in [5.41, 5.74) is 0.434. The van der Waals surface area contributed by atoms with E-state index >= 15 is 0 Å². The maximum Gasteiger partial charge on any atom is 0.359 e. The highest BCUT2D eigenvalue weighted by atomic mass is 32.2. The lowest BCUT2D eigenvalue weighted by molar-refractivity contribution is -0.137. The van der Waals surface area contributed by atoms with Crippen LogP contribution in [0.4, 0.5) is 0 Å². The molecule has 1 N–H and O–H groups in total. The Balaban J connectivity index is 2.77. The number of hydrogen-bond acceptors (Lipinski definition) is 5. The van der Waals surface area contributed by atoms with Crippen LogP contribution in [0.2, 0.25) is 0 Å². The Morgan fingerprint density at radius 3 is 2.74 bits per heavy atom. The van der Waals surface area contributed by atoms with Crippen LogP contribution >= 0.6 is 0 Å². The summed E-state index contributed by atoms with van der Waals surface area (Å²) in [4.78, 5) is 11.0. The lowest BCUT2D eigenvalue weighted by Gasteiger charge is -2.12. The fraction of sp³-hybridized carbons (Fsp3) is 0.750. The van der Waals surface area contributed by atoms with Gasteiger partial charge in [0.15, 0.2) is 0 Å². The Kier molecular flexibility index (Phi) is 6.30. The Bertz CT molecular complexity index is 441. The number of allylic oxidation sites excluding steroid dienone is 1. The van der Waals surface area contributed by atoms with E-state index in [9.17, 15) is 13.2 Å². The summed E-state index contributed by atoms with van der Waals surface area (Å²) >= 11 is 0. The number of esters is 1. The fourth-order valence-corrected chi connectivity index (χ4v) is 2.72. The average Bonchev–Trinajstić information content (AvgIpc) is 2.43. The van der Waals surface area contributed by atoms with Crippen molar-refractivity contribution in [2.45, 2.75) is 52.4 Å². The van der Waals surface area contributed by atoms with Gasteiger partial charge in [0.1, 0.15) is 5.76 Å². The first-order chi connectivity index (χ1) is 8.94. The zero-order valence-corrected chi connectivity index (χ0v) is 12.2. The van der Waals surface area contributed by atoms with Crippen molar-refractivity contribution < 1.29 is 22.1 Å². The molecular formula is C12H21NO5S. The molecule has 0 spiro atoms. The van der Waals surface area contributed by atoms with E-state index in [1.807, 2.05) is 0 Å². The Labute approximate surface area is 114 Å². The minimum absolute atomic E-state index is 0.0175. The number of ether oxygens (including phenoxy) is 1. The van der Waals surface area contributed by atoms with Crippen molar-refractivity contribution in [1.29, 1.82) is 0 Å². The number of carbonyl (C=O) groups excluding carboxylic acids is 1. The van der Waals surface area contributed by atoms with Crippen LogP contribution in [-0.2, 0) is 24.0 Å². The minimum Gasteiger partial charge on any atom is -0.429 e. The van der Waals surface area contributed by atoms with Crippen LogP contribution in [-0.4, -0.2) is 21.0 Å². The molecule has 6 nitrogen and oxygen atoms in total. The zero-order valence-electron chi connectivity index (χ0n) is 11.4. The maximum atomic E-state index is 11.5. The third-order valence-corrected chi connectivity index (χ3v) is 3.67. The number of carbonyl (C=O) groups is 1. The van der Waals surface area contributed by atoms with E-state index in [-0.39, 0.29) is 13.0 Å². The van der Waals surface area contributed by atoms with Crippen molar-refractivity contribution in [3.8, 4) is 0 Å². The van der Waals surface area contributed by atoms with E-state index in [0.717, 1.165) is 25.7 Å². The van der Waals surface area contributed by atoms with Crippen LogP contribution in [0.1, 0.15) is 52.4 Å². The second-order valence-corrected chi connectivity index (χ2v) is 5.78. The molecule has 7 heteroatoms. The quantitative estimate of drug-likeness (QED) is 0.598. The first-order valence-electron chi connectivity index (χ1n) is 6.52. The molecule has 0 atom stereocenters. The van der Waals surface area contributed by atoms with Crippen LogP contribution < -0.4 is 4.72 Å². The Morgan fingerprint density at radius 1 is 1.37 bits per heavy atom. The molecule has 1 rings (SSSR count). The predicted molar refractivity (Wildman–Crippen MR) is 70.2 cm³/mol. The molecule has 0 aromatic heterocycles. The second kappa shape index (κ2) is 7.49. The molecule has 0 saturated heterocycles. The topological polar surface area (TPSA) is 81.7 Å². The van der Waals surface area contributed by atoms with Gasteiger partial charge in [-0.3, -0.25) is 13.7 Å². The van der Waals surface area contributed by atoms with Gasteiger partial charge in [-0.25, -0.2) is 0 Å². The molecule has 0 aromatic rings. The highest BCUT2D eigenvalue weighted by molar-refractivity contribution is 7.84. The molecule has 0 fully saturated rings. The van der Waals surface area contributed by atoms with Crippen molar-refractivity contribution in [3.63, 3.8) is 0 Å². The van der Waals surface area contributed by atoms with E-state index in [1.165, 1.54) is 6.92 Å². The first kappa shape index (κ1) is 16.0. The third kappa shape index (κ3) is 6.07. The number of rotatable bonds is 6. The molecule has 110 valence electrons. The van der Waals surface area contributed by atoms with Gasteiger partial charge in [-0.1, -0.05) is 26.2 Å². The minimum atomic E-state index is -3.78. The normalized spacial score (nSPS) is 18.6. The summed E-state index contributed by atoms with van der Waals surface area (Å²) in [5, 5.41) is 0. The lowest BCUT2D eigenvalue weighted by atomic mass is 10.1. The summed E-state index contributed by atoms with van der Waals surface area (Å²) in [6.45, 7) is 3.38. The van der Waals surface area contributed by atoms with Crippen LogP contribution in [0, 0.1) is 0 Å². The standard InChI is InChI=1S/C12H21NO5S/c1-3-4-5-6-7-11-12(18-10(2)14)8-9-17-19(15,16)13-11/h13H,3-9H2,1-2H3. The predicted octanol–water partition coefficient (Wildman–Crippen LogP) is 1.99. The van der Waals surface area contributed by atoms with Gasteiger partial charge in [-0.15, -0.1) is 0 Å². The zero-order chi connectivity index (χ0) is 14.3. The van der Waals surface area contributed by atoms with Gasteiger partial charge in [0.2, 0.25) is 0 Å². The highest BCUT2D eigenvalue weighted by Crippen LogP contribution is 2.20. The molecule has 1 aliphatic rings. The van der Waals surface area contributed by atoms with Gasteiger partial charge >= 0.3 is 16.3 Å². The molecule has 0 unspecified atom stereocenters. The molecule has 0 saturated carbocycles. The molecule has 0 aromatic carbocycles. The van der Waals surface area contributed by atoms with Crippen molar-refractivity contribution in [2.24, 2.45) is 0 Å². The van der Waals surface area contributed by atoms with E-state index in [2.05, 4.69) is 15.8 Å². The summed E-state index contributed by atoms with van der Waals surface area (Å²) in [7, 11) is -3.78. The van der Waals surface area contributed by atoms with Crippen molar-refractivity contribution >= 4 is 16.3 Å². The van der Waals surface area contributed by atoms with Gasteiger partial charge in [0, 0.05) is 13.3 Å². The Morgan fingerprint density at radius 2 is 2.11 bits per heavy atom. The van der Waals surface area contributed by atoms with Gasteiger partial charge < -0.3 is 4.74 Å². The Hall–Kier alpha value is -1.08. The molecule has 1 heterocycles. The molecule has 0 aliphatic carbocycles. The molecular weight excluding hydrogens is 270 g/mol. The molecule has 19 heavy (non-hydrogen) atoms. The SMILES string of the molecule is CCCCCCC1=C(OC(C)=O)CCOS(=O)(=O)N1. The molecule has 0 amide bonds. The smallest absolute Gasteiger partial charge is 0.359 e. The third-order valence-electron chi connectivity index (χ3n) is 2.70. The van der Waals surface area contributed by atoms with E-state index < -0.39 is 16.3 Å². The highest BCUT2D eigenvalue weighted by Gasteiger charge is 2.22. The van der Waals surface area contributed by atoms with E-state index in [1.54, 1.807) is 0 Å². The van der Waals surface area contributed by atoms with Crippen LogP contribution in [0.25, 0.3) is 0 Å². The first-order valence-corrected chi connectivity index (χ1v) is 7.93. The van der Waals surface area contributed by atoms with E-state index in [4.69, 9.17) is 4.74 Å². The monoisotopic (exact) mass is 291 g/mol. The van der Waals surface area contributed by atoms with E-state index in [0.29, 0.717) is 17.9 Å². The largest absolute Gasteiger partial charge is 0.429 e. The van der Waals surface area contributed by atoms with Gasteiger partial charge in [-0.2, -0.15) is 8.42 Å². The lowest BCUT2D eigenvalue weighted by Crippen LogP contribution is -2.24. The summed E-state index contributed by atoms with van der Waals surface area (Å²) < 4.78 is 35.1. The second-order valence-electron chi connectivity index (χ2n) is 4.43. The number of nitrogens with one attached hydrogen (secondary N) is 1. The fourth-order valence-electron chi connectivity index (χ4n) is 1.84. The molecule has 1 aliphatic heterocycles. The van der Waals surface area contributed by atoms with Gasteiger partial charge in [0.05, 0.1) is 12.3 Å². The molecule has 0 bridgehead atoms.